The maximum atomic E-state index is 11.2. The van der Waals surface area contributed by atoms with Gasteiger partial charge in [-0.1, -0.05) is 26.0 Å². The number of benzene rings is 1. The first kappa shape index (κ1) is 11.2. The Morgan fingerprint density at radius 1 is 1.44 bits per heavy atom. The molecule has 0 heterocycles. The van der Waals surface area contributed by atoms with E-state index in [1.807, 2.05) is 26.0 Å². The van der Waals surface area contributed by atoms with E-state index in [4.69, 9.17) is 4.74 Å². The Morgan fingerprint density at radius 2 is 2.19 bits per heavy atom. The Kier molecular flexibility index (Phi) is 2.75. The van der Waals surface area contributed by atoms with Crippen LogP contribution in [0.25, 0.3) is 0 Å². The number of fused-ring (bicyclic) bond motifs is 1. The lowest BCUT2D eigenvalue weighted by molar-refractivity contribution is -0.115. The van der Waals surface area contributed by atoms with Crippen molar-refractivity contribution in [2.24, 2.45) is 5.41 Å². The van der Waals surface area contributed by atoms with Crippen LogP contribution >= 0.6 is 0 Å². The normalized spacial score (nSPS) is 19.3. The fourth-order valence-corrected chi connectivity index (χ4v) is 2.65. The number of hydrogen-bond acceptors (Lipinski definition) is 2. The van der Waals surface area contributed by atoms with Crippen molar-refractivity contribution in [3.8, 4) is 5.75 Å². The summed E-state index contributed by atoms with van der Waals surface area (Å²) >= 11 is 0. The molecular formula is C14H18O2. The van der Waals surface area contributed by atoms with E-state index >= 15 is 0 Å². The van der Waals surface area contributed by atoms with Gasteiger partial charge < -0.3 is 9.53 Å². The van der Waals surface area contributed by atoms with Crippen LogP contribution in [-0.4, -0.2) is 13.4 Å². The van der Waals surface area contributed by atoms with Crippen LogP contribution in [0.3, 0.4) is 0 Å². The Balaban J connectivity index is 2.49. The third kappa shape index (κ3) is 1.62. The summed E-state index contributed by atoms with van der Waals surface area (Å²) in [7, 11) is 1.69. The van der Waals surface area contributed by atoms with Gasteiger partial charge in [-0.25, -0.2) is 0 Å². The van der Waals surface area contributed by atoms with Crippen molar-refractivity contribution in [1.29, 1.82) is 0 Å². The molecule has 0 aliphatic heterocycles. The molecule has 0 bridgehead atoms. The molecule has 0 saturated heterocycles. The third-order valence-electron chi connectivity index (χ3n) is 3.63. The average Bonchev–Trinajstić information content (AvgIpc) is 2.73. The predicted molar refractivity (Wildman–Crippen MR) is 63.9 cm³/mol. The number of rotatable bonds is 3. The molecule has 1 aliphatic rings. The molecule has 16 heavy (non-hydrogen) atoms. The number of ether oxygens (including phenoxy) is 1. The molecule has 1 aliphatic carbocycles. The number of aldehydes is 1. The largest absolute Gasteiger partial charge is 0.496 e. The van der Waals surface area contributed by atoms with E-state index in [9.17, 15) is 4.79 Å². The minimum absolute atomic E-state index is 0.288. The molecular weight excluding hydrogens is 200 g/mol. The van der Waals surface area contributed by atoms with Crippen LogP contribution in [0.4, 0.5) is 0 Å². The standard InChI is InChI=1S/C14H18O2/c1-14(2,9-15)11-8-7-10-5-4-6-12(16-3)13(10)11/h4-6,9,11H,7-8H2,1-3H3. The summed E-state index contributed by atoms with van der Waals surface area (Å²) in [6.45, 7) is 4.01. The van der Waals surface area contributed by atoms with Gasteiger partial charge in [-0.15, -0.1) is 0 Å². The summed E-state index contributed by atoms with van der Waals surface area (Å²) in [5.41, 5.74) is 2.27. The Bertz CT molecular complexity index is 407. The van der Waals surface area contributed by atoms with Gasteiger partial charge in [0.1, 0.15) is 12.0 Å². The van der Waals surface area contributed by atoms with Crippen LogP contribution < -0.4 is 4.74 Å². The highest BCUT2D eigenvalue weighted by Crippen LogP contribution is 2.47. The second-order valence-corrected chi connectivity index (χ2v) is 5.06. The topological polar surface area (TPSA) is 26.3 Å². The highest BCUT2D eigenvalue weighted by atomic mass is 16.5. The summed E-state index contributed by atoms with van der Waals surface area (Å²) in [6.07, 6.45) is 3.16. The van der Waals surface area contributed by atoms with Gasteiger partial charge in [0.25, 0.3) is 0 Å². The lowest BCUT2D eigenvalue weighted by Crippen LogP contribution is -2.22. The number of carbonyl (C=O) groups excluding carboxylic acids is 1. The quantitative estimate of drug-likeness (QED) is 0.729. The molecule has 1 unspecified atom stereocenters. The van der Waals surface area contributed by atoms with Gasteiger partial charge in [0.2, 0.25) is 0 Å². The molecule has 0 aromatic heterocycles. The van der Waals surface area contributed by atoms with E-state index in [-0.39, 0.29) is 11.3 Å². The van der Waals surface area contributed by atoms with Crippen LogP contribution in [0.5, 0.6) is 5.75 Å². The molecule has 1 atom stereocenters. The molecule has 86 valence electrons. The molecule has 0 radical (unpaired) electrons. The molecule has 1 aromatic rings. The van der Waals surface area contributed by atoms with Crippen molar-refractivity contribution < 1.29 is 9.53 Å². The van der Waals surface area contributed by atoms with Crippen LogP contribution in [0.2, 0.25) is 0 Å². The molecule has 0 N–H and O–H groups in total. The van der Waals surface area contributed by atoms with Gasteiger partial charge in [0, 0.05) is 11.0 Å². The van der Waals surface area contributed by atoms with Crippen LogP contribution in [-0.2, 0) is 11.2 Å². The Morgan fingerprint density at radius 3 is 2.81 bits per heavy atom. The summed E-state index contributed by atoms with van der Waals surface area (Å²) in [5.74, 6) is 1.21. The zero-order chi connectivity index (χ0) is 11.8. The number of methoxy groups -OCH3 is 1. The first-order chi connectivity index (χ1) is 7.60. The third-order valence-corrected chi connectivity index (χ3v) is 3.63. The van der Waals surface area contributed by atoms with E-state index in [2.05, 4.69) is 6.07 Å². The number of aryl methyl sites for hydroxylation is 1. The summed E-state index contributed by atoms with van der Waals surface area (Å²) in [6, 6.07) is 6.14. The maximum absolute atomic E-state index is 11.2. The second-order valence-electron chi connectivity index (χ2n) is 5.06. The molecule has 2 heteroatoms. The summed E-state index contributed by atoms with van der Waals surface area (Å²) in [5, 5.41) is 0. The Labute approximate surface area is 96.6 Å². The Hall–Kier alpha value is -1.31. The van der Waals surface area contributed by atoms with Gasteiger partial charge in [-0.3, -0.25) is 0 Å². The molecule has 1 aromatic carbocycles. The second kappa shape index (κ2) is 3.93. The fraction of sp³-hybridized carbons (Fsp3) is 0.500. The van der Waals surface area contributed by atoms with Crippen LogP contribution in [0, 0.1) is 5.41 Å². The first-order valence-electron chi connectivity index (χ1n) is 5.72. The monoisotopic (exact) mass is 218 g/mol. The summed E-state index contributed by atoms with van der Waals surface area (Å²) < 4.78 is 5.41. The molecule has 0 amide bonds. The first-order valence-corrected chi connectivity index (χ1v) is 5.72. The predicted octanol–water partition coefficient (Wildman–Crippen LogP) is 2.95. The average molecular weight is 218 g/mol. The van der Waals surface area contributed by atoms with E-state index in [1.54, 1.807) is 7.11 Å². The van der Waals surface area contributed by atoms with Crippen LogP contribution in [0.15, 0.2) is 18.2 Å². The van der Waals surface area contributed by atoms with E-state index in [0.717, 1.165) is 24.9 Å². The van der Waals surface area contributed by atoms with Gasteiger partial charge in [-0.05, 0) is 30.4 Å². The molecule has 0 fully saturated rings. The highest BCUT2D eigenvalue weighted by molar-refractivity contribution is 5.63. The van der Waals surface area contributed by atoms with Crippen molar-refractivity contribution in [1.82, 2.24) is 0 Å². The zero-order valence-electron chi connectivity index (χ0n) is 10.1. The van der Waals surface area contributed by atoms with Crippen molar-refractivity contribution in [2.75, 3.05) is 7.11 Å². The molecule has 0 spiro atoms. The SMILES string of the molecule is COc1cccc2c1C(C(C)(C)C=O)CC2. The lowest BCUT2D eigenvalue weighted by atomic mass is 9.76. The van der Waals surface area contributed by atoms with Gasteiger partial charge in [0.05, 0.1) is 7.11 Å². The minimum atomic E-state index is -0.306. The minimum Gasteiger partial charge on any atom is -0.496 e. The lowest BCUT2D eigenvalue weighted by Gasteiger charge is -2.27. The van der Waals surface area contributed by atoms with E-state index in [1.165, 1.54) is 11.1 Å². The number of carbonyl (C=O) groups is 1. The van der Waals surface area contributed by atoms with Gasteiger partial charge >= 0.3 is 0 Å². The molecule has 2 nitrogen and oxygen atoms in total. The zero-order valence-corrected chi connectivity index (χ0v) is 10.1. The summed E-state index contributed by atoms with van der Waals surface area (Å²) in [4.78, 5) is 11.2. The number of hydrogen-bond donors (Lipinski definition) is 0. The molecule has 0 saturated carbocycles. The van der Waals surface area contributed by atoms with Crippen molar-refractivity contribution in [2.45, 2.75) is 32.6 Å². The van der Waals surface area contributed by atoms with Crippen molar-refractivity contribution in [3.63, 3.8) is 0 Å². The van der Waals surface area contributed by atoms with Crippen molar-refractivity contribution >= 4 is 6.29 Å². The van der Waals surface area contributed by atoms with Crippen LogP contribution in [0.1, 0.15) is 37.3 Å². The molecule has 2 rings (SSSR count). The van der Waals surface area contributed by atoms with E-state index in [0.29, 0.717) is 0 Å². The fourth-order valence-electron chi connectivity index (χ4n) is 2.65. The maximum Gasteiger partial charge on any atom is 0.126 e. The van der Waals surface area contributed by atoms with E-state index < -0.39 is 0 Å². The van der Waals surface area contributed by atoms with Gasteiger partial charge in [0.15, 0.2) is 0 Å². The smallest absolute Gasteiger partial charge is 0.126 e. The highest BCUT2D eigenvalue weighted by Gasteiger charge is 2.37. The van der Waals surface area contributed by atoms with Gasteiger partial charge in [-0.2, -0.15) is 0 Å². The van der Waals surface area contributed by atoms with Crippen molar-refractivity contribution in [3.05, 3.63) is 29.3 Å².